The lowest BCUT2D eigenvalue weighted by atomic mass is 10.1. The van der Waals surface area contributed by atoms with Crippen LogP contribution in [0.1, 0.15) is 29.3 Å². The number of nitrogens with zero attached hydrogens (tertiary/aromatic N) is 4. The Balaban J connectivity index is 1.53. The number of carbonyl (C=O) groups excluding carboxylic acids is 1. The predicted molar refractivity (Wildman–Crippen MR) is 96.4 cm³/mol. The summed E-state index contributed by atoms with van der Waals surface area (Å²) < 4.78 is 1.86. The van der Waals surface area contributed by atoms with Crippen LogP contribution in [0.25, 0.3) is 0 Å². The molecule has 6 heteroatoms. The van der Waals surface area contributed by atoms with Crippen LogP contribution in [0, 0.1) is 0 Å². The Morgan fingerprint density at radius 1 is 1.20 bits per heavy atom. The fraction of sp³-hybridized carbons (Fsp3) is 0.474. The average Bonchev–Trinajstić information content (AvgIpc) is 3.15. The van der Waals surface area contributed by atoms with Crippen LogP contribution >= 0.6 is 0 Å². The van der Waals surface area contributed by atoms with Gasteiger partial charge in [-0.05, 0) is 30.2 Å². The minimum absolute atomic E-state index is 0.0846. The first-order valence-corrected chi connectivity index (χ1v) is 8.91. The third-order valence-corrected chi connectivity index (χ3v) is 4.70. The third kappa shape index (κ3) is 4.67. The number of aliphatic hydroxyl groups excluding tert-OH is 1. The molecule has 1 N–H and O–H groups in total. The monoisotopic (exact) mass is 342 g/mol. The lowest BCUT2D eigenvalue weighted by Crippen LogP contribution is -2.50. The number of rotatable bonds is 6. The molecule has 134 valence electrons. The van der Waals surface area contributed by atoms with Gasteiger partial charge >= 0.3 is 0 Å². The van der Waals surface area contributed by atoms with E-state index in [0.717, 1.165) is 30.6 Å². The second-order valence-electron chi connectivity index (χ2n) is 6.56. The molecule has 3 rings (SSSR count). The summed E-state index contributed by atoms with van der Waals surface area (Å²) >= 11 is 0. The Hall–Kier alpha value is -2.18. The predicted octanol–water partition coefficient (Wildman–Crippen LogP) is 1.46. The molecule has 2 heterocycles. The topological polar surface area (TPSA) is 61.6 Å². The van der Waals surface area contributed by atoms with Crippen molar-refractivity contribution in [2.24, 2.45) is 0 Å². The second kappa shape index (κ2) is 8.27. The van der Waals surface area contributed by atoms with E-state index in [0.29, 0.717) is 26.2 Å². The standard InChI is InChI=1S/C19H26N4O2/c1-2-18(24)15-21-10-12-22(13-11-21)19(25)17-6-4-16(5-7-17)14-23-9-3-8-20-23/h3-9,18,24H,2,10-15H2,1H3/t18-/m0/s1. The Bertz CT molecular complexity index is 661. The van der Waals surface area contributed by atoms with Crippen molar-refractivity contribution in [1.29, 1.82) is 0 Å². The van der Waals surface area contributed by atoms with E-state index < -0.39 is 0 Å². The molecule has 1 aromatic carbocycles. The van der Waals surface area contributed by atoms with Gasteiger partial charge in [0.05, 0.1) is 12.6 Å². The number of piperazine rings is 1. The molecule has 6 nitrogen and oxygen atoms in total. The van der Waals surface area contributed by atoms with Crippen LogP contribution in [0.5, 0.6) is 0 Å². The summed E-state index contributed by atoms with van der Waals surface area (Å²) in [6, 6.07) is 9.67. The van der Waals surface area contributed by atoms with Gasteiger partial charge in [-0.15, -0.1) is 0 Å². The molecule has 1 saturated heterocycles. The molecule has 1 aliphatic heterocycles. The van der Waals surface area contributed by atoms with E-state index in [9.17, 15) is 9.90 Å². The molecule has 0 aliphatic carbocycles. The van der Waals surface area contributed by atoms with Crippen molar-refractivity contribution in [3.8, 4) is 0 Å². The van der Waals surface area contributed by atoms with E-state index in [1.54, 1.807) is 6.20 Å². The molecule has 1 atom stereocenters. The Morgan fingerprint density at radius 3 is 2.52 bits per heavy atom. The van der Waals surface area contributed by atoms with Gasteiger partial charge in [-0.25, -0.2) is 0 Å². The third-order valence-electron chi connectivity index (χ3n) is 4.70. The Labute approximate surface area is 148 Å². The largest absolute Gasteiger partial charge is 0.392 e. The van der Waals surface area contributed by atoms with Gasteiger partial charge in [0.25, 0.3) is 5.91 Å². The quantitative estimate of drug-likeness (QED) is 0.863. The van der Waals surface area contributed by atoms with Crippen LogP contribution in [0.15, 0.2) is 42.7 Å². The SMILES string of the molecule is CC[C@H](O)CN1CCN(C(=O)c2ccc(Cn3cccn3)cc2)CC1. The molecular weight excluding hydrogens is 316 g/mol. The Morgan fingerprint density at radius 2 is 1.92 bits per heavy atom. The van der Waals surface area contributed by atoms with Crippen LogP contribution in [-0.2, 0) is 6.54 Å². The molecule has 0 unspecified atom stereocenters. The van der Waals surface area contributed by atoms with Crippen molar-refractivity contribution < 1.29 is 9.90 Å². The number of aliphatic hydroxyl groups is 1. The van der Waals surface area contributed by atoms with Gasteiger partial charge in [0.2, 0.25) is 0 Å². The van der Waals surface area contributed by atoms with Crippen LogP contribution in [0.4, 0.5) is 0 Å². The fourth-order valence-corrected chi connectivity index (χ4v) is 3.08. The summed E-state index contributed by atoms with van der Waals surface area (Å²) in [6.07, 6.45) is 4.18. The van der Waals surface area contributed by atoms with Crippen LogP contribution < -0.4 is 0 Å². The maximum absolute atomic E-state index is 12.7. The van der Waals surface area contributed by atoms with E-state index in [-0.39, 0.29) is 12.0 Å². The van der Waals surface area contributed by atoms with Gasteiger partial charge in [0, 0.05) is 50.7 Å². The highest BCUT2D eigenvalue weighted by Gasteiger charge is 2.23. The normalized spacial score (nSPS) is 16.8. The molecule has 0 spiro atoms. The van der Waals surface area contributed by atoms with Gasteiger partial charge in [-0.1, -0.05) is 19.1 Å². The summed E-state index contributed by atoms with van der Waals surface area (Å²) in [6.45, 7) is 6.45. The first kappa shape index (κ1) is 17.6. The van der Waals surface area contributed by atoms with Gasteiger partial charge < -0.3 is 10.0 Å². The first-order valence-electron chi connectivity index (χ1n) is 8.91. The van der Waals surface area contributed by atoms with Crippen LogP contribution in [-0.4, -0.2) is 69.4 Å². The van der Waals surface area contributed by atoms with Crippen molar-refractivity contribution in [2.75, 3.05) is 32.7 Å². The Kier molecular flexibility index (Phi) is 5.83. The molecule has 0 bridgehead atoms. The lowest BCUT2D eigenvalue weighted by Gasteiger charge is -2.35. The molecule has 2 aromatic rings. The van der Waals surface area contributed by atoms with Crippen molar-refractivity contribution in [1.82, 2.24) is 19.6 Å². The molecule has 0 radical (unpaired) electrons. The first-order chi connectivity index (χ1) is 12.2. The molecule has 25 heavy (non-hydrogen) atoms. The van der Waals surface area contributed by atoms with E-state index in [1.165, 1.54) is 0 Å². The zero-order valence-electron chi connectivity index (χ0n) is 14.7. The van der Waals surface area contributed by atoms with E-state index >= 15 is 0 Å². The summed E-state index contributed by atoms with van der Waals surface area (Å²) in [7, 11) is 0. The van der Waals surface area contributed by atoms with E-state index in [4.69, 9.17) is 0 Å². The van der Waals surface area contributed by atoms with Crippen molar-refractivity contribution in [2.45, 2.75) is 26.0 Å². The average molecular weight is 342 g/mol. The highest BCUT2D eigenvalue weighted by molar-refractivity contribution is 5.94. The maximum atomic E-state index is 12.7. The number of benzene rings is 1. The van der Waals surface area contributed by atoms with E-state index in [1.807, 2.05) is 53.0 Å². The van der Waals surface area contributed by atoms with Gasteiger partial charge in [0.15, 0.2) is 0 Å². The van der Waals surface area contributed by atoms with Crippen molar-refractivity contribution in [3.63, 3.8) is 0 Å². The highest BCUT2D eigenvalue weighted by atomic mass is 16.3. The summed E-state index contributed by atoms with van der Waals surface area (Å²) in [5.41, 5.74) is 1.85. The zero-order chi connectivity index (χ0) is 17.6. The summed E-state index contributed by atoms with van der Waals surface area (Å²) in [5, 5.41) is 13.9. The highest BCUT2D eigenvalue weighted by Crippen LogP contribution is 2.12. The second-order valence-corrected chi connectivity index (χ2v) is 6.56. The van der Waals surface area contributed by atoms with Gasteiger partial charge in [0.1, 0.15) is 0 Å². The number of carbonyl (C=O) groups is 1. The number of aromatic nitrogens is 2. The lowest BCUT2D eigenvalue weighted by molar-refractivity contribution is 0.0524. The fourth-order valence-electron chi connectivity index (χ4n) is 3.08. The molecule has 1 fully saturated rings. The summed E-state index contributed by atoms with van der Waals surface area (Å²) in [5.74, 6) is 0.0846. The van der Waals surface area contributed by atoms with Gasteiger partial charge in [-0.3, -0.25) is 14.4 Å². The van der Waals surface area contributed by atoms with Crippen molar-refractivity contribution in [3.05, 3.63) is 53.9 Å². The molecule has 0 saturated carbocycles. The number of amides is 1. The van der Waals surface area contributed by atoms with E-state index in [2.05, 4.69) is 10.00 Å². The van der Waals surface area contributed by atoms with Crippen molar-refractivity contribution >= 4 is 5.91 Å². The number of hydrogen-bond donors (Lipinski definition) is 1. The maximum Gasteiger partial charge on any atom is 0.253 e. The molecule has 1 amide bonds. The molecular formula is C19H26N4O2. The minimum atomic E-state index is -0.274. The van der Waals surface area contributed by atoms with Gasteiger partial charge in [-0.2, -0.15) is 5.10 Å². The van der Waals surface area contributed by atoms with Crippen LogP contribution in [0.2, 0.25) is 0 Å². The van der Waals surface area contributed by atoms with Crippen LogP contribution in [0.3, 0.4) is 0 Å². The minimum Gasteiger partial charge on any atom is -0.392 e. The summed E-state index contributed by atoms with van der Waals surface area (Å²) in [4.78, 5) is 16.8. The number of β-amino-alcohol motifs (C(OH)–C–C–N with tert-alkyl or cyclic N) is 1. The number of hydrogen-bond acceptors (Lipinski definition) is 4. The zero-order valence-corrected chi connectivity index (χ0v) is 14.7. The smallest absolute Gasteiger partial charge is 0.253 e. The molecule has 1 aromatic heterocycles. The molecule has 1 aliphatic rings.